The van der Waals surface area contributed by atoms with Crippen molar-refractivity contribution >= 4 is 18.3 Å². The van der Waals surface area contributed by atoms with E-state index in [0.717, 1.165) is 19.3 Å². The molecule has 0 spiro atoms. The van der Waals surface area contributed by atoms with Gasteiger partial charge in [0.1, 0.15) is 0 Å². The highest BCUT2D eigenvalue weighted by molar-refractivity contribution is 5.98. The van der Waals surface area contributed by atoms with Crippen molar-refractivity contribution in [1.82, 2.24) is 10.2 Å². The molecule has 1 amide bonds. The Morgan fingerprint density at radius 2 is 2.04 bits per heavy atom. The van der Waals surface area contributed by atoms with Gasteiger partial charge in [-0.05, 0) is 31.4 Å². The number of amides is 1. The van der Waals surface area contributed by atoms with Crippen LogP contribution in [0.25, 0.3) is 0 Å². The Morgan fingerprint density at radius 1 is 1.29 bits per heavy atom. The first-order chi connectivity index (χ1) is 11.1. The van der Waals surface area contributed by atoms with Crippen LogP contribution in [0.1, 0.15) is 29.6 Å². The molecule has 0 aliphatic carbocycles. The van der Waals surface area contributed by atoms with Crippen LogP contribution in [0.5, 0.6) is 11.5 Å². The molecule has 2 bridgehead atoms. The smallest absolute Gasteiger partial charge is 0.387 e. The number of carbonyl (C=O) groups is 1. The third-order valence-electron chi connectivity index (χ3n) is 4.45. The average Bonchev–Trinajstić information content (AvgIpc) is 2.85. The van der Waals surface area contributed by atoms with Crippen LogP contribution in [-0.4, -0.2) is 49.7 Å². The zero-order chi connectivity index (χ0) is 16.4. The number of methoxy groups -OCH3 is 1. The zero-order valence-electron chi connectivity index (χ0n) is 13.3. The number of hydrogen-bond acceptors (Lipinski definition) is 4. The average molecular weight is 363 g/mol. The van der Waals surface area contributed by atoms with Crippen LogP contribution < -0.4 is 14.8 Å². The molecule has 1 N–H and O–H groups in total. The van der Waals surface area contributed by atoms with Crippen LogP contribution in [0.15, 0.2) is 18.2 Å². The number of benzene rings is 1. The third kappa shape index (κ3) is 3.89. The Hall–Kier alpha value is -1.60. The summed E-state index contributed by atoms with van der Waals surface area (Å²) in [6, 6.07) is 5.32. The highest BCUT2D eigenvalue weighted by Crippen LogP contribution is 2.34. The largest absolute Gasteiger partial charge is 0.493 e. The minimum atomic E-state index is -3.01. The van der Waals surface area contributed by atoms with Gasteiger partial charge in [-0.2, -0.15) is 8.78 Å². The summed E-state index contributed by atoms with van der Waals surface area (Å²) in [5.41, 5.74) is 0.113. The van der Waals surface area contributed by atoms with E-state index in [0.29, 0.717) is 19.1 Å². The maximum atomic E-state index is 12.8. The van der Waals surface area contributed by atoms with E-state index in [9.17, 15) is 13.6 Å². The molecular weight excluding hydrogens is 342 g/mol. The highest BCUT2D eigenvalue weighted by Gasteiger charge is 2.33. The van der Waals surface area contributed by atoms with Crippen LogP contribution in [0, 0.1) is 0 Å². The fraction of sp³-hybridized carbons (Fsp3) is 0.562. The van der Waals surface area contributed by atoms with Gasteiger partial charge in [-0.15, -0.1) is 12.4 Å². The first kappa shape index (κ1) is 18.7. The van der Waals surface area contributed by atoms with Crippen molar-refractivity contribution in [2.24, 2.45) is 0 Å². The second kappa shape index (κ2) is 7.98. The number of hydrogen-bond donors (Lipinski definition) is 1. The normalized spacial score (nSPS) is 22.8. The van der Waals surface area contributed by atoms with E-state index in [1.165, 1.54) is 19.2 Å². The van der Waals surface area contributed by atoms with E-state index < -0.39 is 6.61 Å². The number of alkyl halides is 2. The fourth-order valence-electron chi connectivity index (χ4n) is 3.35. The number of rotatable bonds is 4. The SMILES string of the molecule is COc1cccc(C(=O)N2CCC3CCC(C2)N3)c1OC(F)F.Cl. The number of halogens is 3. The molecule has 3 rings (SSSR count). The molecule has 8 heteroatoms. The van der Waals surface area contributed by atoms with E-state index in [1.807, 2.05) is 0 Å². The molecule has 2 atom stereocenters. The lowest BCUT2D eigenvalue weighted by Gasteiger charge is -2.25. The van der Waals surface area contributed by atoms with Crippen molar-refractivity contribution in [3.63, 3.8) is 0 Å². The number of ether oxygens (including phenoxy) is 2. The molecule has 24 heavy (non-hydrogen) atoms. The van der Waals surface area contributed by atoms with Gasteiger partial charge in [-0.25, -0.2) is 0 Å². The summed E-state index contributed by atoms with van der Waals surface area (Å²) in [5, 5.41) is 3.49. The van der Waals surface area contributed by atoms with E-state index in [1.54, 1.807) is 11.0 Å². The Balaban J connectivity index is 0.00000208. The van der Waals surface area contributed by atoms with Gasteiger partial charge in [-0.1, -0.05) is 6.07 Å². The van der Waals surface area contributed by atoms with E-state index >= 15 is 0 Å². The molecule has 0 radical (unpaired) electrons. The predicted molar refractivity (Wildman–Crippen MR) is 87.3 cm³/mol. The van der Waals surface area contributed by atoms with Crippen molar-refractivity contribution in [3.8, 4) is 11.5 Å². The number of carbonyl (C=O) groups excluding carboxylic acids is 1. The van der Waals surface area contributed by atoms with Gasteiger partial charge in [0.05, 0.1) is 12.7 Å². The molecule has 2 fully saturated rings. The van der Waals surface area contributed by atoms with E-state index in [2.05, 4.69) is 10.1 Å². The molecule has 134 valence electrons. The summed E-state index contributed by atoms with van der Waals surface area (Å²) < 4.78 is 35.0. The lowest BCUT2D eigenvalue weighted by Crippen LogP contribution is -2.39. The third-order valence-corrected chi connectivity index (χ3v) is 4.45. The molecule has 5 nitrogen and oxygen atoms in total. The lowest BCUT2D eigenvalue weighted by molar-refractivity contribution is -0.0516. The number of likely N-dealkylation sites (tertiary alicyclic amines) is 1. The zero-order valence-corrected chi connectivity index (χ0v) is 14.2. The molecule has 2 heterocycles. The minimum absolute atomic E-state index is 0. The molecule has 0 aromatic heterocycles. The number of nitrogens with zero attached hydrogens (tertiary/aromatic N) is 1. The minimum Gasteiger partial charge on any atom is -0.493 e. The maximum Gasteiger partial charge on any atom is 0.387 e. The molecule has 1 aromatic rings. The van der Waals surface area contributed by atoms with Gasteiger partial charge in [0.25, 0.3) is 5.91 Å². The first-order valence-corrected chi connectivity index (χ1v) is 7.75. The molecule has 2 saturated heterocycles. The van der Waals surface area contributed by atoms with Crippen LogP contribution in [-0.2, 0) is 0 Å². The van der Waals surface area contributed by atoms with Crippen molar-refractivity contribution in [1.29, 1.82) is 0 Å². The molecular formula is C16H21ClF2N2O3. The first-order valence-electron chi connectivity index (χ1n) is 7.75. The van der Waals surface area contributed by atoms with Crippen LogP contribution in [0.2, 0.25) is 0 Å². The number of nitrogens with one attached hydrogen (secondary N) is 1. The summed E-state index contributed by atoms with van der Waals surface area (Å²) in [5.74, 6) is -0.364. The molecule has 0 saturated carbocycles. The summed E-state index contributed by atoms with van der Waals surface area (Å²) >= 11 is 0. The Kier molecular flexibility index (Phi) is 6.23. The monoisotopic (exact) mass is 362 g/mol. The topological polar surface area (TPSA) is 50.8 Å². The van der Waals surface area contributed by atoms with Gasteiger partial charge in [0.2, 0.25) is 0 Å². The quantitative estimate of drug-likeness (QED) is 0.894. The second-order valence-electron chi connectivity index (χ2n) is 5.89. The molecule has 2 aliphatic heterocycles. The Morgan fingerprint density at radius 3 is 2.75 bits per heavy atom. The number of para-hydroxylation sites is 1. The van der Waals surface area contributed by atoms with Gasteiger partial charge in [-0.3, -0.25) is 4.79 Å². The Labute approximate surface area is 145 Å². The van der Waals surface area contributed by atoms with Gasteiger partial charge in [0, 0.05) is 25.2 Å². The van der Waals surface area contributed by atoms with Gasteiger partial charge >= 0.3 is 6.61 Å². The predicted octanol–water partition coefficient (Wildman–Crippen LogP) is 2.68. The van der Waals surface area contributed by atoms with E-state index in [4.69, 9.17) is 4.74 Å². The number of fused-ring (bicyclic) bond motifs is 2. The second-order valence-corrected chi connectivity index (χ2v) is 5.89. The maximum absolute atomic E-state index is 12.8. The van der Waals surface area contributed by atoms with Gasteiger partial charge in [0.15, 0.2) is 11.5 Å². The molecule has 1 aromatic carbocycles. The Bertz CT molecular complexity index is 588. The summed E-state index contributed by atoms with van der Waals surface area (Å²) in [6.07, 6.45) is 3.04. The van der Waals surface area contributed by atoms with Crippen LogP contribution in [0.3, 0.4) is 0 Å². The summed E-state index contributed by atoms with van der Waals surface area (Å²) in [4.78, 5) is 14.5. The lowest BCUT2D eigenvalue weighted by atomic mass is 10.1. The van der Waals surface area contributed by atoms with Crippen LogP contribution in [0.4, 0.5) is 8.78 Å². The van der Waals surface area contributed by atoms with Crippen molar-refractivity contribution in [3.05, 3.63) is 23.8 Å². The van der Waals surface area contributed by atoms with Crippen LogP contribution >= 0.6 is 12.4 Å². The van der Waals surface area contributed by atoms with E-state index in [-0.39, 0.29) is 41.4 Å². The standard InChI is InChI=1S/C16H20F2N2O3.ClH/c1-22-13-4-2-3-12(14(13)23-16(17)18)15(21)20-8-7-10-5-6-11(9-20)19-10;/h2-4,10-11,16,19H,5-9H2,1H3;1H. The fourth-order valence-corrected chi connectivity index (χ4v) is 3.35. The molecule has 2 unspecified atom stereocenters. The molecule has 2 aliphatic rings. The van der Waals surface area contributed by atoms with Crippen molar-refractivity contribution in [2.45, 2.75) is 38.0 Å². The van der Waals surface area contributed by atoms with Gasteiger partial charge < -0.3 is 19.7 Å². The van der Waals surface area contributed by atoms with Crippen molar-refractivity contribution < 1.29 is 23.0 Å². The highest BCUT2D eigenvalue weighted by atomic mass is 35.5. The summed E-state index contributed by atoms with van der Waals surface area (Å²) in [6.45, 7) is -1.82. The van der Waals surface area contributed by atoms with Crippen molar-refractivity contribution in [2.75, 3.05) is 20.2 Å². The summed E-state index contributed by atoms with van der Waals surface area (Å²) in [7, 11) is 1.36.